The van der Waals surface area contributed by atoms with Crippen molar-refractivity contribution in [3.63, 3.8) is 0 Å². The number of nitrogens with one attached hydrogen (secondary N) is 1. The Morgan fingerprint density at radius 3 is 2.31 bits per heavy atom. The Kier molecular flexibility index (Phi) is 7.26. The molecular weight excluding hydrogens is 394 g/mol. The molecule has 1 amide bonds. The second kappa shape index (κ2) is 9.28. The number of ether oxygens (including phenoxy) is 2. The minimum absolute atomic E-state index is 0.0333. The molecule has 2 aromatic carbocycles. The van der Waals surface area contributed by atoms with E-state index >= 15 is 0 Å². The van der Waals surface area contributed by atoms with Gasteiger partial charge in [-0.05, 0) is 63.9 Å². The first-order valence-corrected chi connectivity index (χ1v) is 10.5. The average Bonchev–Trinajstić information content (AvgIpc) is 2.60. The van der Waals surface area contributed by atoms with E-state index in [1.165, 1.54) is 19.2 Å². The zero-order valence-electron chi connectivity index (χ0n) is 17.3. The van der Waals surface area contributed by atoms with Crippen LogP contribution in [0.15, 0.2) is 47.4 Å². The number of methoxy groups -OCH3 is 1. The topological polar surface area (TPSA) is 90.9 Å². The maximum absolute atomic E-state index is 12.3. The summed E-state index contributed by atoms with van der Waals surface area (Å²) in [4.78, 5) is 12.2. The van der Waals surface area contributed by atoms with Gasteiger partial charge in [-0.2, -0.15) is 8.42 Å². The third-order valence-corrected chi connectivity index (χ3v) is 5.16. The van der Waals surface area contributed by atoms with Gasteiger partial charge in [0.05, 0.1) is 24.3 Å². The normalized spacial score (nSPS) is 11.8. The number of carbonyl (C=O) groups is 1. The summed E-state index contributed by atoms with van der Waals surface area (Å²) >= 11 is 0. The first kappa shape index (κ1) is 22.7. The molecule has 0 saturated carbocycles. The SMILES string of the molecule is COc1ccc(CCOS(=O)(=O)c2ccc(C)cc2)cc1NC(=O)OC(C)(C)C. The lowest BCUT2D eigenvalue weighted by molar-refractivity contribution is 0.0635. The number of rotatable bonds is 7. The molecule has 8 heteroatoms. The van der Waals surface area contributed by atoms with Crippen molar-refractivity contribution < 1.29 is 26.9 Å². The number of benzene rings is 2. The maximum atomic E-state index is 12.3. The Hall–Kier alpha value is -2.58. The highest BCUT2D eigenvalue weighted by Crippen LogP contribution is 2.26. The quantitative estimate of drug-likeness (QED) is 0.671. The fourth-order valence-corrected chi connectivity index (χ4v) is 3.37. The van der Waals surface area contributed by atoms with Crippen LogP contribution >= 0.6 is 0 Å². The molecule has 0 aliphatic carbocycles. The minimum atomic E-state index is -3.82. The second-order valence-corrected chi connectivity index (χ2v) is 9.12. The van der Waals surface area contributed by atoms with Crippen molar-refractivity contribution in [1.29, 1.82) is 0 Å². The lowest BCUT2D eigenvalue weighted by atomic mass is 10.1. The molecule has 0 spiro atoms. The van der Waals surface area contributed by atoms with E-state index in [-0.39, 0.29) is 11.5 Å². The fourth-order valence-electron chi connectivity index (χ4n) is 2.46. The highest BCUT2D eigenvalue weighted by Gasteiger charge is 2.18. The van der Waals surface area contributed by atoms with Crippen molar-refractivity contribution in [1.82, 2.24) is 0 Å². The van der Waals surface area contributed by atoms with Crippen LogP contribution in [0.2, 0.25) is 0 Å². The van der Waals surface area contributed by atoms with Gasteiger partial charge in [-0.15, -0.1) is 0 Å². The van der Waals surface area contributed by atoms with Crippen LogP contribution < -0.4 is 10.1 Å². The largest absolute Gasteiger partial charge is 0.495 e. The number of carbonyl (C=O) groups excluding carboxylic acids is 1. The van der Waals surface area contributed by atoms with Crippen molar-refractivity contribution in [2.45, 2.75) is 44.6 Å². The lowest BCUT2D eigenvalue weighted by Gasteiger charge is -2.20. The molecule has 0 aliphatic heterocycles. The summed E-state index contributed by atoms with van der Waals surface area (Å²) in [5, 5.41) is 2.65. The summed E-state index contributed by atoms with van der Waals surface area (Å²) in [5.41, 5.74) is 1.54. The van der Waals surface area contributed by atoms with Crippen LogP contribution in [0.1, 0.15) is 31.9 Å². The Bertz CT molecular complexity index is 946. The van der Waals surface area contributed by atoms with Crippen LogP contribution in [0.4, 0.5) is 10.5 Å². The predicted octanol–water partition coefficient (Wildman–Crippen LogP) is 4.30. The summed E-state index contributed by atoms with van der Waals surface area (Å²) in [6, 6.07) is 11.6. The fraction of sp³-hybridized carbons (Fsp3) is 0.381. The smallest absolute Gasteiger partial charge is 0.412 e. The zero-order valence-corrected chi connectivity index (χ0v) is 18.1. The van der Waals surface area contributed by atoms with E-state index in [4.69, 9.17) is 13.7 Å². The second-order valence-electron chi connectivity index (χ2n) is 7.50. The molecular formula is C21H27NO6S. The van der Waals surface area contributed by atoms with Crippen molar-refractivity contribution in [3.8, 4) is 5.75 Å². The Labute approximate surface area is 172 Å². The van der Waals surface area contributed by atoms with E-state index in [0.717, 1.165) is 11.1 Å². The molecule has 0 aliphatic rings. The number of amides is 1. The van der Waals surface area contributed by atoms with Gasteiger partial charge in [0.25, 0.3) is 10.1 Å². The standard InChI is InChI=1S/C21H27NO6S/c1-15-6-9-17(10-7-15)29(24,25)27-13-12-16-8-11-19(26-5)18(14-16)22-20(23)28-21(2,3)4/h6-11,14H,12-13H2,1-5H3,(H,22,23). The monoisotopic (exact) mass is 421 g/mol. The van der Waals surface area contributed by atoms with Gasteiger partial charge in [0.15, 0.2) is 0 Å². The predicted molar refractivity (Wildman–Crippen MR) is 111 cm³/mol. The first-order valence-electron chi connectivity index (χ1n) is 9.13. The minimum Gasteiger partial charge on any atom is -0.495 e. The number of hydrogen-bond donors (Lipinski definition) is 1. The Balaban J connectivity index is 2.04. The van der Waals surface area contributed by atoms with E-state index < -0.39 is 21.8 Å². The molecule has 0 heterocycles. The van der Waals surface area contributed by atoms with Crippen LogP contribution in [0, 0.1) is 6.92 Å². The van der Waals surface area contributed by atoms with Crippen molar-refractivity contribution in [2.24, 2.45) is 0 Å². The van der Waals surface area contributed by atoms with Gasteiger partial charge in [0, 0.05) is 0 Å². The molecule has 0 atom stereocenters. The van der Waals surface area contributed by atoms with Crippen molar-refractivity contribution in [2.75, 3.05) is 19.0 Å². The van der Waals surface area contributed by atoms with Crippen molar-refractivity contribution >= 4 is 21.9 Å². The van der Waals surface area contributed by atoms with Crippen LogP contribution in [-0.4, -0.2) is 33.8 Å². The van der Waals surface area contributed by atoms with Gasteiger partial charge in [0.1, 0.15) is 11.4 Å². The Morgan fingerprint density at radius 1 is 1.07 bits per heavy atom. The number of hydrogen-bond acceptors (Lipinski definition) is 6. The molecule has 0 aromatic heterocycles. The van der Waals surface area contributed by atoms with Crippen LogP contribution in [0.25, 0.3) is 0 Å². The van der Waals surface area contributed by atoms with Gasteiger partial charge >= 0.3 is 6.09 Å². The summed E-state index contributed by atoms with van der Waals surface area (Å²) in [7, 11) is -2.33. The lowest BCUT2D eigenvalue weighted by Crippen LogP contribution is -2.27. The number of anilines is 1. The van der Waals surface area contributed by atoms with Gasteiger partial charge in [-0.1, -0.05) is 23.8 Å². The van der Waals surface area contributed by atoms with Gasteiger partial charge in [-0.25, -0.2) is 4.79 Å². The molecule has 2 aromatic rings. The summed E-state index contributed by atoms with van der Waals surface area (Å²) in [6.45, 7) is 7.16. The third-order valence-electron chi connectivity index (χ3n) is 3.84. The van der Waals surface area contributed by atoms with Crippen LogP contribution in [0.3, 0.4) is 0 Å². The van der Waals surface area contributed by atoms with E-state index in [1.807, 2.05) is 6.92 Å². The first-order chi connectivity index (χ1) is 13.5. The van der Waals surface area contributed by atoms with Gasteiger partial charge < -0.3 is 9.47 Å². The highest BCUT2D eigenvalue weighted by molar-refractivity contribution is 7.86. The van der Waals surface area contributed by atoms with E-state index in [0.29, 0.717) is 17.9 Å². The maximum Gasteiger partial charge on any atom is 0.412 e. The van der Waals surface area contributed by atoms with Crippen LogP contribution in [0.5, 0.6) is 5.75 Å². The molecule has 7 nitrogen and oxygen atoms in total. The summed E-state index contributed by atoms with van der Waals surface area (Å²) in [5.74, 6) is 0.466. The Morgan fingerprint density at radius 2 is 1.72 bits per heavy atom. The zero-order chi connectivity index (χ0) is 21.7. The summed E-state index contributed by atoms with van der Waals surface area (Å²) < 4.78 is 40.2. The van der Waals surface area contributed by atoms with Gasteiger partial charge in [-0.3, -0.25) is 9.50 Å². The molecule has 0 unspecified atom stereocenters. The van der Waals surface area contributed by atoms with E-state index in [2.05, 4.69) is 5.32 Å². The summed E-state index contributed by atoms with van der Waals surface area (Å²) in [6.07, 6.45) is -0.274. The highest BCUT2D eigenvalue weighted by atomic mass is 32.2. The molecule has 1 N–H and O–H groups in total. The third kappa shape index (κ3) is 7.07. The molecule has 2 rings (SSSR count). The average molecular weight is 422 g/mol. The molecule has 0 saturated heterocycles. The molecule has 29 heavy (non-hydrogen) atoms. The van der Waals surface area contributed by atoms with E-state index in [9.17, 15) is 13.2 Å². The van der Waals surface area contributed by atoms with Crippen LogP contribution in [-0.2, 0) is 25.5 Å². The van der Waals surface area contributed by atoms with E-state index in [1.54, 1.807) is 51.1 Å². The molecule has 0 bridgehead atoms. The molecule has 0 fully saturated rings. The molecule has 0 radical (unpaired) electrons. The number of aryl methyl sites for hydroxylation is 1. The van der Waals surface area contributed by atoms with Crippen molar-refractivity contribution in [3.05, 3.63) is 53.6 Å². The molecule has 158 valence electrons. The van der Waals surface area contributed by atoms with Gasteiger partial charge in [0.2, 0.25) is 0 Å².